The number of hydrogen-bond acceptors (Lipinski definition) is 5. The van der Waals surface area contributed by atoms with E-state index < -0.39 is 10.0 Å². The molecule has 3 N–H and O–H groups in total. The summed E-state index contributed by atoms with van der Waals surface area (Å²) in [4.78, 5) is 14.6. The topological polar surface area (TPSA) is 116 Å². The van der Waals surface area contributed by atoms with Gasteiger partial charge in [0.2, 0.25) is 15.9 Å². The number of amides is 1. The highest BCUT2D eigenvalue weighted by atomic mass is 32.2. The van der Waals surface area contributed by atoms with Crippen molar-refractivity contribution in [2.24, 2.45) is 11.1 Å². The van der Waals surface area contributed by atoms with Gasteiger partial charge in [-0.05, 0) is 66.9 Å². The van der Waals surface area contributed by atoms with E-state index in [4.69, 9.17) is 10.4 Å². The van der Waals surface area contributed by atoms with Crippen molar-refractivity contribution in [2.75, 3.05) is 18.4 Å². The van der Waals surface area contributed by atoms with Crippen LogP contribution in [0.2, 0.25) is 0 Å². The Kier molecular flexibility index (Phi) is 6.50. The number of carbonyl (C=O) groups is 1. The molecule has 9 heteroatoms. The zero-order valence-corrected chi connectivity index (χ0v) is 16.9. The van der Waals surface area contributed by atoms with E-state index in [2.05, 4.69) is 5.32 Å². The van der Waals surface area contributed by atoms with Crippen LogP contribution < -0.4 is 10.5 Å². The number of nitrogens with one attached hydrogen (secondary N) is 1. The van der Waals surface area contributed by atoms with Gasteiger partial charge in [0, 0.05) is 30.8 Å². The number of piperidine rings is 1. The number of nitriles is 1. The molecule has 1 fully saturated rings. The van der Waals surface area contributed by atoms with Crippen molar-refractivity contribution >= 4 is 27.3 Å². The molecule has 1 amide bonds. The first-order valence-electron chi connectivity index (χ1n) is 9.32. The third-order valence-corrected chi connectivity index (χ3v) is 5.93. The van der Waals surface area contributed by atoms with Crippen molar-refractivity contribution in [1.29, 1.82) is 5.26 Å². The Labute approximate surface area is 174 Å². The van der Waals surface area contributed by atoms with Crippen molar-refractivity contribution in [2.45, 2.75) is 17.7 Å². The minimum absolute atomic E-state index is 0.0218. The number of allylic oxidation sites excluding steroid dienone is 1. The van der Waals surface area contributed by atoms with E-state index in [0.29, 0.717) is 37.3 Å². The molecule has 0 aromatic heterocycles. The lowest BCUT2D eigenvalue weighted by Crippen LogP contribution is -2.37. The molecule has 156 valence electrons. The van der Waals surface area contributed by atoms with Crippen molar-refractivity contribution in [3.8, 4) is 6.07 Å². The van der Waals surface area contributed by atoms with Gasteiger partial charge in [0.25, 0.3) is 0 Å². The zero-order valence-electron chi connectivity index (χ0n) is 16.1. The molecule has 1 aliphatic rings. The third-order valence-electron chi connectivity index (χ3n) is 5.00. The molecule has 3 rings (SSSR count). The number of carbonyl (C=O) groups excluding carboxylic acids is 1. The summed E-state index contributed by atoms with van der Waals surface area (Å²) in [5.74, 6) is -0.705. The van der Waals surface area contributed by atoms with Gasteiger partial charge in [-0.3, -0.25) is 4.79 Å². The van der Waals surface area contributed by atoms with Crippen LogP contribution in [0.5, 0.6) is 0 Å². The van der Waals surface area contributed by atoms with Crippen LogP contribution in [0.1, 0.15) is 18.4 Å². The number of likely N-dealkylation sites (tertiary alicyclic amines) is 1. The molecular formula is C21H21FN4O3S. The molecule has 1 saturated heterocycles. The van der Waals surface area contributed by atoms with Gasteiger partial charge in [0.05, 0.1) is 16.7 Å². The number of nitrogens with two attached hydrogens (primary N) is 1. The summed E-state index contributed by atoms with van der Waals surface area (Å²) in [7, 11) is -3.78. The van der Waals surface area contributed by atoms with Crippen molar-refractivity contribution < 1.29 is 17.6 Å². The summed E-state index contributed by atoms with van der Waals surface area (Å²) in [6.45, 7) is 1.15. The van der Waals surface area contributed by atoms with E-state index >= 15 is 0 Å². The average molecular weight is 428 g/mol. The Morgan fingerprint density at radius 3 is 2.27 bits per heavy atom. The lowest BCUT2D eigenvalue weighted by atomic mass is 9.94. The number of hydrogen-bond donors (Lipinski definition) is 2. The number of primary sulfonamides is 1. The smallest absolute Gasteiger partial charge is 0.238 e. The summed E-state index contributed by atoms with van der Waals surface area (Å²) in [6.07, 6.45) is 2.61. The fraction of sp³-hybridized carbons (Fsp3) is 0.238. The second kappa shape index (κ2) is 9.07. The Bertz CT molecular complexity index is 1080. The molecule has 0 aliphatic carbocycles. The van der Waals surface area contributed by atoms with Crippen LogP contribution in [0.4, 0.5) is 10.1 Å². The van der Waals surface area contributed by atoms with Gasteiger partial charge in [-0.15, -0.1) is 0 Å². The summed E-state index contributed by atoms with van der Waals surface area (Å²) in [5.41, 5.74) is 1.94. The Morgan fingerprint density at radius 2 is 1.73 bits per heavy atom. The van der Waals surface area contributed by atoms with Gasteiger partial charge in [-0.1, -0.05) is 0 Å². The van der Waals surface area contributed by atoms with Gasteiger partial charge in [-0.25, -0.2) is 17.9 Å². The van der Waals surface area contributed by atoms with E-state index in [1.54, 1.807) is 12.1 Å². The Morgan fingerprint density at radius 1 is 1.13 bits per heavy atom. The molecule has 0 radical (unpaired) electrons. The summed E-state index contributed by atoms with van der Waals surface area (Å²) >= 11 is 0. The molecule has 0 unspecified atom stereocenters. The van der Waals surface area contributed by atoms with E-state index in [-0.39, 0.29) is 22.5 Å². The lowest BCUT2D eigenvalue weighted by Gasteiger charge is -2.34. The largest absolute Gasteiger partial charge is 0.370 e. The minimum Gasteiger partial charge on any atom is -0.370 e. The molecule has 7 nitrogen and oxygen atoms in total. The predicted octanol–water partition coefficient (Wildman–Crippen LogP) is 2.69. The van der Waals surface area contributed by atoms with Gasteiger partial charge in [-0.2, -0.15) is 5.26 Å². The first kappa shape index (κ1) is 21.5. The standard InChI is InChI=1S/C21H21FN4O3S/c22-17-3-1-15(2-4-17)20(9-12-23)26-13-10-16(11-14-26)21(27)25-18-5-7-19(8-6-18)30(24,28)29/h1-9,16H,10-11,13-14H2,(H,25,27)(H2,24,28,29). The van der Waals surface area contributed by atoms with Gasteiger partial charge in [0.15, 0.2) is 0 Å². The molecule has 1 heterocycles. The maximum atomic E-state index is 13.2. The van der Waals surface area contributed by atoms with Crippen LogP contribution >= 0.6 is 0 Å². The number of rotatable bonds is 5. The fourth-order valence-corrected chi connectivity index (χ4v) is 3.91. The molecule has 2 aromatic carbocycles. The Balaban J connectivity index is 1.61. The molecule has 0 bridgehead atoms. The zero-order chi connectivity index (χ0) is 21.7. The summed E-state index contributed by atoms with van der Waals surface area (Å²) < 4.78 is 35.8. The minimum atomic E-state index is -3.78. The molecule has 0 atom stereocenters. The van der Waals surface area contributed by atoms with Crippen LogP contribution in [-0.2, 0) is 14.8 Å². The van der Waals surface area contributed by atoms with Crippen molar-refractivity contribution in [3.63, 3.8) is 0 Å². The lowest BCUT2D eigenvalue weighted by molar-refractivity contribution is -0.121. The van der Waals surface area contributed by atoms with Crippen molar-refractivity contribution in [3.05, 3.63) is 66.0 Å². The fourth-order valence-electron chi connectivity index (χ4n) is 3.39. The first-order chi connectivity index (χ1) is 14.3. The second-order valence-corrected chi connectivity index (χ2v) is 8.55. The van der Waals surface area contributed by atoms with E-state index in [1.807, 2.05) is 11.0 Å². The normalized spacial score (nSPS) is 15.5. The maximum Gasteiger partial charge on any atom is 0.238 e. The van der Waals surface area contributed by atoms with Crippen LogP contribution in [0.25, 0.3) is 5.70 Å². The van der Waals surface area contributed by atoms with Crippen molar-refractivity contribution in [1.82, 2.24) is 4.90 Å². The molecule has 2 aromatic rings. The molecule has 0 saturated carbocycles. The van der Waals surface area contributed by atoms with Crippen LogP contribution in [0.15, 0.2) is 59.5 Å². The summed E-state index contributed by atoms with van der Waals surface area (Å²) in [5, 5.41) is 17.0. The highest BCUT2D eigenvalue weighted by Gasteiger charge is 2.26. The highest BCUT2D eigenvalue weighted by molar-refractivity contribution is 7.89. The Hall–Kier alpha value is -3.22. The molecule has 0 spiro atoms. The number of nitrogens with zero attached hydrogens (tertiary/aromatic N) is 2. The SMILES string of the molecule is N#CC=C(c1ccc(F)cc1)N1CCC(C(=O)Nc2ccc(S(N)(=O)=O)cc2)CC1. The van der Waals surface area contributed by atoms with E-state index in [0.717, 1.165) is 5.56 Å². The number of anilines is 1. The molecule has 30 heavy (non-hydrogen) atoms. The first-order valence-corrected chi connectivity index (χ1v) is 10.9. The monoisotopic (exact) mass is 428 g/mol. The molecule has 1 aliphatic heterocycles. The van der Waals surface area contributed by atoms with Crippen LogP contribution in [-0.4, -0.2) is 32.3 Å². The van der Waals surface area contributed by atoms with Gasteiger partial charge < -0.3 is 10.2 Å². The van der Waals surface area contributed by atoms with E-state index in [1.165, 1.54) is 42.5 Å². The van der Waals surface area contributed by atoms with E-state index in [9.17, 15) is 17.6 Å². The molecular weight excluding hydrogens is 407 g/mol. The summed E-state index contributed by atoms with van der Waals surface area (Å²) in [6, 6.07) is 13.7. The quantitative estimate of drug-likeness (QED) is 0.710. The number of sulfonamides is 1. The van der Waals surface area contributed by atoms with Gasteiger partial charge in [0.1, 0.15) is 5.82 Å². The number of halogens is 1. The van der Waals surface area contributed by atoms with Crippen LogP contribution in [0, 0.1) is 23.1 Å². The maximum absolute atomic E-state index is 13.2. The van der Waals surface area contributed by atoms with Crippen LogP contribution in [0.3, 0.4) is 0 Å². The highest BCUT2D eigenvalue weighted by Crippen LogP contribution is 2.27. The second-order valence-electron chi connectivity index (χ2n) is 6.99. The number of benzene rings is 2. The predicted molar refractivity (Wildman–Crippen MR) is 111 cm³/mol. The average Bonchev–Trinajstić information content (AvgIpc) is 2.73. The van der Waals surface area contributed by atoms with Gasteiger partial charge >= 0.3 is 0 Å². The third kappa shape index (κ3) is 5.23.